The lowest BCUT2D eigenvalue weighted by Crippen LogP contribution is -2.02. The lowest BCUT2D eigenvalue weighted by Gasteiger charge is -2.11. The molecule has 3 nitrogen and oxygen atoms in total. The van der Waals surface area contributed by atoms with Crippen LogP contribution in [0, 0.1) is 6.92 Å². The third-order valence-corrected chi connectivity index (χ3v) is 3.72. The molecular formula is C19H21N3. The fourth-order valence-corrected chi connectivity index (χ4v) is 2.44. The first-order chi connectivity index (χ1) is 10.8. The molecule has 1 aromatic heterocycles. The molecule has 0 amide bonds. The quantitative estimate of drug-likeness (QED) is 0.717. The molecule has 0 atom stereocenters. The normalized spacial score (nSPS) is 10.8. The summed E-state index contributed by atoms with van der Waals surface area (Å²) in [5.41, 5.74) is 3.30. The second-order valence-electron chi connectivity index (χ2n) is 5.60. The molecule has 0 aliphatic heterocycles. The second-order valence-corrected chi connectivity index (χ2v) is 5.60. The number of para-hydroxylation sites is 1. The van der Waals surface area contributed by atoms with Gasteiger partial charge >= 0.3 is 0 Å². The number of rotatable bonds is 5. The third-order valence-electron chi connectivity index (χ3n) is 3.72. The Morgan fingerprint density at radius 1 is 0.955 bits per heavy atom. The van der Waals surface area contributed by atoms with E-state index in [1.807, 2.05) is 18.2 Å². The van der Waals surface area contributed by atoms with Gasteiger partial charge in [-0.25, -0.2) is 9.97 Å². The molecule has 0 aliphatic rings. The van der Waals surface area contributed by atoms with Gasteiger partial charge in [0.15, 0.2) is 0 Å². The molecule has 22 heavy (non-hydrogen) atoms. The van der Waals surface area contributed by atoms with Gasteiger partial charge < -0.3 is 5.32 Å². The van der Waals surface area contributed by atoms with Crippen LogP contribution in [0.4, 0.5) is 11.5 Å². The van der Waals surface area contributed by atoms with Crippen molar-refractivity contribution in [3.8, 4) is 0 Å². The number of benzene rings is 2. The molecule has 0 saturated carbocycles. The maximum Gasteiger partial charge on any atom is 0.142 e. The molecule has 1 heterocycles. The molecule has 3 aromatic rings. The van der Waals surface area contributed by atoms with Gasteiger partial charge in [-0.3, -0.25) is 0 Å². The van der Waals surface area contributed by atoms with Crippen LogP contribution in [-0.2, 0) is 6.42 Å². The molecule has 0 aliphatic carbocycles. The van der Waals surface area contributed by atoms with Crippen LogP contribution in [0.5, 0.6) is 0 Å². The Hall–Kier alpha value is -2.42. The highest BCUT2D eigenvalue weighted by molar-refractivity contribution is 5.90. The molecule has 3 heteroatoms. The van der Waals surface area contributed by atoms with Gasteiger partial charge in [0.25, 0.3) is 0 Å². The van der Waals surface area contributed by atoms with Gasteiger partial charge in [-0.15, -0.1) is 0 Å². The monoisotopic (exact) mass is 291 g/mol. The number of aryl methyl sites for hydroxylation is 2. The fraction of sp³-hybridized carbons (Fsp3) is 0.263. The van der Waals surface area contributed by atoms with Crippen molar-refractivity contribution in [1.29, 1.82) is 0 Å². The Labute approximate surface area is 131 Å². The van der Waals surface area contributed by atoms with Gasteiger partial charge in [0.1, 0.15) is 11.6 Å². The van der Waals surface area contributed by atoms with E-state index < -0.39 is 0 Å². The van der Waals surface area contributed by atoms with Crippen molar-refractivity contribution in [3.05, 3.63) is 59.9 Å². The summed E-state index contributed by atoms with van der Waals surface area (Å²) in [7, 11) is 0. The van der Waals surface area contributed by atoms with Crippen molar-refractivity contribution in [2.75, 3.05) is 5.32 Å². The van der Waals surface area contributed by atoms with E-state index in [0.717, 1.165) is 47.5 Å². The molecule has 0 bridgehead atoms. The van der Waals surface area contributed by atoms with Gasteiger partial charge in [0.2, 0.25) is 0 Å². The topological polar surface area (TPSA) is 37.8 Å². The van der Waals surface area contributed by atoms with Crippen molar-refractivity contribution in [2.24, 2.45) is 0 Å². The molecule has 0 saturated heterocycles. The maximum atomic E-state index is 4.73. The second kappa shape index (κ2) is 6.56. The summed E-state index contributed by atoms with van der Waals surface area (Å²) in [6.07, 6.45) is 3.18. The molecule has 112 valence electrons. The summed E-state index contributed by atoms with van der Waals surface area (Å²) < 4.78 is 0. The smallest absolute Gasteiger partial charge is 0.142 e. The molecule has 0 spiro atoms. The Kier molecular flexibility index (Phi) is 4.33. The number of nitrogens with one attached hydrogen (secondary N) is 1. The Morgan fingerprint density at radius 2 is 1.73 bits per heavy atom. The predicted octanol–water partition coefficient (Wildman–Crippen LogP) is 5.02. The summed E-state index contributed by atoms with van der Waals surface area (Å²) in [6, 6.07) is 16.5. The maximum absolute atomic E-state index is 4.73. The zero-order valence-corrected chi connectivity index (χ0v) is 13.1. The first-order valence-corrected chi connectivity index (χ1v) is 7.85. The summed E-state index contributed by atoms with van der Waals surface area (Å²) >= 11 is 0. The fourth-order valence-electron chi connectivity index (χ4n) is 2.44. The van der Waals surface area contributed by atoms with E-state index in [1.165, 1.54) is 5.56 Å². The largest absolute Gasteiger partial charge is 0.340 e. The third kappa shape index (κ3) is 3.25. The summed E-state index contributed by atoms with van der Waals surface area (Å²) in [4.78, 5) is 9.41. The van der Waals surface area contributed by atoms with E-state index >= 15 is 0 Å². The van der Waals surface area contributed by atoms with Crippen LogP contribution in [-0.4, -0.2) is 9.97 Å². The van der Waals surface area contributed by atoms with Crippen LogP contribution in [0.1, 0.15) is 31.2 Å². The van der Waals surface area contributed by atoms with Gasteiger partial charge in [0.05, 0.1) is 5.52 Å². The number of hydrogen-bond acceptors (Lipinski definition) is 3. The lowest BCUT2D eigenvalue weighted by molar-refractivity contribution is 0.758. The van der Waals surface area contributed by atoms with Gasteiger partial charge in [-0.1, -0.05) is 43.2 Å². The van der Waals surface area contributed by atoms with Crippen LogP contribution in [0.25, 0.3) is 10.9 Å². The number of hydrogen-bond donors (Lipinski definition) is 1. The summed E-state index contributed by atoms with van der Waals surface area (Å²) in [6.45, 7) is 4.28. The van der Waals surface area contributed by atoms with Crippen molar-refractivity contribution in [1.82, 2.24) is 9.97 Å². The molecule has 3 rings (SSSR count). The van der Waals surface area contributed by atoms with E-state index in [-0.39, 0.29) is 0 Å². The van der Waals surface area contributed by atoms with Crippen LogP contribution in [0.2, 0.25) is 0 Å². The summed E-state index contributed by atoms with van der Waals surface area (Å²) in [5.74, 6) is 1.80. The Bertz CT molecular complexity index is 763. The SMILES string of the molecule is CCCCc1nc(Nc2ccc(C)cc2)c2ccccc2n1. The zero-order chi connectivity index (χ0) is 15.4. The number of fused-ring (bicyclic) bond motifs is 1. The van der Waals surface area contributed by atoms with Gasteiger partial charge in [-0.05, 0) is 37.6 Å². The van der Waals surface area contributed by atoms with Crippen molar-refractivity contribution < 1.29 is 0 Å². The number of anilines is 2. The first-order valence-electron chi connectivity index (χ1n) is 7.85. The molecule has 1 N–H and O–H groups in total. The molecule has 0 unspecified atom stereocenters. The molecule has 0 radical (unpaired) electrons. The number of unbranched alkanes of at least 4 members (excludes halogenated alkanes) is 1. The highest BCUT2D eigenvalue weighted by atomic mass is 15.0. The van der Waals surface area contributed by atoms with E-state index in [1.54, 1.807) is 0 Å². The van der Waals surface area contributed by atoms with E-state index in [9.17, 15) is 0 Å². The van der Waals surface area contributed by atoms with Crippen LogP contribution in [0.15, 0.2) is 48.5 Å². The average molecular weight is 291 g/mol. The minimum Gasteiger partial charge on any atom is -0.340 e. The van der Waals surface area contributed by atoms with Crippen LogP contribution < -0.4 is 5.32 Å². The number of nitrogens with zero attached hydrogens (tertiary/aromatic N) is 2. The lowest BCUT2D eigenvalue weighted by atomic mass is 10.2. The zero-order valence-electron chi connectivity index (χ0n) is 13.1. The van der Waals surface area contributed by atoms with Crippen molar-refractivity contribution in [3.63, 3.8) is 0 Å². The van der Waals surface area contributed by atoms with Gasteiger partial charge in [0, 0.05) is 17.5 Å². The molecular weight excluding hydrogens is 270 g/mol. The highest BCUT2D eigenvalue weighted by Crippen LogP contribution is 2.24. The Balaban J connectivity index is 2.00. The predicted molar refractivity (Wildman–Crippen MR) is 92.6 cm³/mol. The molecule has 2 aromatic carbocycles. The highest BCUT2D eigenvalue weighted by Gasteiger charge is 2.07. The summed E-state index contributed by atoms with van der Waals surface area (Å²) in [5, 5.41) is 4.50. The Morgan fingerprint density at radius 3 is 2.50 bits per heavy atom. The minimum absolute atomic E-state index is 0.889. The van der Waals surface area contributed by atoms with Gasteiger partial charge in [-0.2, -0.15) is 0 Å². The minimum atomic E-state index is 0.889. The van der Waals surface area contributed by atoms with Crippen molar-refractivity contribution >= 4 is 22.4 Å². The first kappa shape index (κ1) is 14.5. The van der Waals surface area contributed by atoms with E-state index in [0.29, 0.717) is 0 Å². The molecule has 0 fully saturated rings. The average Bonchev–Trinajstić information content (AvgIpc) is 2.55. The number of aromatic nitrogens is 2. The van der Waals surface area contributed by atoms with E-state index in [2.05, 4.69) is 54.5 Å². The van der Waals surface area contributed by atoms with Crippen molar-refractivity contribution in [2.45, 2.75) is 33.1 Å². The van der Waals surface area contributed by atoms with Crippen LogP contribution in [0.3, 0.4) is 0 Å². The standard InChI is InChI=1S/C19H21N3/c1-3-4-9-18-21-17-8-6-5-7-16(17)19(22-18)20-15-12-10-14(2)11-13-15/h5-8,10-13H,3-4,9H2,1-2H3,(H,20,21,22). The van der Waals surface area contributed by atoms with Crippen LogP contribution >= 0.6 is 0 Å². The van der Waals surface area contributed by atoms with E-state index in [4.69, 9.17) is 4.98 Å².